The quantitative estimate of drug-likeness (QED) is 0.232. The summed E-state index contributed by atoms with van der Waals surface area (Å²) < 4.78 is 5.65. The molecule has 0 aromatic heterocycles. The van der Waals surface area contributed by atoms with E-state index >= 15 is 0 Å². The van der Waals surface area contributed by atoms with Crippen LogP contribution in [0.3, 0.4) is 0 Å². The maximum atomic E-state index is 13.0. The van der Waals surface area contributed by atoms with Gasteiger partial charge in [-0.25, -0.2) is 9.69 Å². The van der Waals surface area contributed by atoms with Crippen molar-refractivity contribution >= 4 is 52.4 Å². The summed E-state index contributed by atoms with van der Waals surface area (Å²) in [5, 5.41) is 3.08. The molecule has 4 rings (SSSR count). The first-order valence-corrected chi connectivity index (χ1v) is 12.0. The first kappa shape index (κ1) is 25.5. The van der Waals surface area contributed by atoms with Crippen molar-refractivity contribution in [2.75, 3.05) is 10.2 Å². The van der Waals surface area contributed by atoms with Gasteiger partial charge < -0.3 is 10.1 Å². The highest BCUT2D eigenvalue weighted by molar-refractivity contribution is 6.53. The number of nitrogens with zero attached hydrogens (tertiary/aromatic N) is 1. The van der Waals surface area contributed by atoms with Crippen molar-refractivity contribution in [3.05, 3.63) is 99.2 Å². The predicted octanol–water partition coefficient (Wildman–Crippen LogP) is 6.60. The molecule has 0 aliphatic carbocycles. The van der Waals surface area contributed by atoms with Gasteiger partial charge in [-0.15, -0.1) is 0 Å². The molecule has 36 heavy (non-hydrogen) atoms. The summed E-state index contributed by atoms with van der Waals surface area (Å²) in [5.41, 5.74) is 2.60. The van der Waals surface area contributed by atoms with Crippen molar-refractivity contribution in [1.29, 1.82) is 0 Å². The van der Waals surface area contributed by atoms with E-state index < -0.39 is 17.8 Å². The highest BCUT2D eigenvalue weighted by Gasteiger charge is 2.39. The number of para-hydroxylation sites is 1. The Kier molecular flexibility index (Phi) is 6.94. The topological polar surface area (TPSA) is 75.7 Å². The molecule has 184 valence electrons. The van der Waals surface area contributed by atoms with Crippen LogP contribution in [0.5, 0.6) is 5.75 Å². The van der Waals surface area contributed by atoms with Crippen LogP contribution in [0.15, 0.2) is 77.5 Å². The lowest BCUT2D eigenvalue weighted by Crippen LogP contribution is -2.32. The van der Waals surface area contributed by atoms with Crippen LogP contribution in [-0.4, -0.2) is 17.8 Å². The Balaban J connectivity index is 1.50. The fraction of sp³-hybridized carbons (Fsp3) is 0.179. The van der Waals surface area contributed by atoms with Crippen molar-refractivity contribution in [3.8, 4) is 5.75 Å². The Hall–Kier alpha value is -3.61. The Bertz CT molecular complexity index is 1410. The normalized spacial score (nSPS) is 13.9. The molecule has 0 spiro atoms. The molecule has 0 saturated carbocycles. The zero-order chi connectivity index (χ0) is 26.2. The minimum Gasteiger partial charge on any atom is -0.423 e. The molecule has 3 aromatic rings. The third-order valence-corrected chi connectivity index (χ3v) is 6.49. The highest BCUT2D eigenvalue weighted by Crippen LogP contribution is 2.33. The van der Waals surface area contributed by atoms with E-state index in [4.69, 9.17) is 27.9 Å². The van der Waals surface area contributed by atoms with Crippen LogP contribution in [0.2, 0.25) is 5.02 Å². The average molecular weight is 523 g/mol. The molecule has 1 aliphatic rings. The summed E-state index contributed by atoms with van der Waals surface area (Å²) >= 11 is 12.4. The number of imide groups is 1. The number of benzene rings is 3. The number of nitrogens with one attached hydrogen (secondary N) is 1. The standard InChI is InChI=1S/C28H24Cl2N2O4/c1-16-9-14-19(15-21(16)29)32-25(33)23(30)24(26(32)34)31-18-12-10-17(11-13-18)27(35)36-22-8-6-5-7-20(22)28(2,3)4/h5-15,31H,1-4H3. The van der Waals surface area contributed by atoms with Gasteiger partial charge in [0.1, 0.15) is 16.5 Å². The number of carbonyl (C=O) groups excluding carboxylic acids is 3. The van der Waals surface area contributed by atoms with Gasteiger partial charge in [-0.3, -0.25) is 9.59 Å². The molecule has 0 saturated heterocycles. The highest BCUT2D eigenvalue weighted by atomic mass is 35.5. The van der Waals surface area contributed by atoms with Gasteiger partial charge in [-0.1, -0.05) is 68.2 Å². The number of halogens is 2. The van der Waals surface area contributed by atoms with Crippen LogP contribution in [0.4, 0.5) is 11.4 Å². The monoisotopic (exact) mass is 522 g/mol. The average Bonchev–Trinajstić information content (AvgIpc) is 3.04. The van der Waals surface area contributed by atoms with Crippen molar-refractivity contribution in [2.45, 2.75) is 33.1 Å². The molecule has 8 heteroatoms. The van der Waals surface area contributed by atoms with Crippen LogP contribution in [0.1, 0.15) is 42.3 Å². The molecule has 2 amide bonds. The van der Waals surface area contributed by atoms with Crippen molar-refractivity contribution in [2.24, 2.45) is 0 Å². The molecular weight excluding hydrogens is 499 g/mol. The van der Waals surface area contributed by atoms with Crippen LogP contribution in [-0.2, 0) is 15.0 Å². The van der Waals surface area contributed by atoms with E-state index in [0.717, 1.165) is 16.0 Å². The summed E-state index contributed by atoms with van der Waals surface area (Å²) in [5.74, 6) is -1.26. The number of amides is 2. The number of aryl methyl sites for hydroxylation is 1. The number of rotatable bonds is 5. The molecule has 0 radical (unpaired) electrons. The summed E-state index contributed by atoms with van der Waals surface area (Å²) in [4.78, 5) is 39.4. The van der Waals surface area contributed by atoms with Gasteiger partial charge in [0.25, 0.3) is 11.8 Å². The fourth-order valence-electron chi connectivity index (χ4n) is 3.73. The molecule has 0 unspecified atom stereocenters. The Labute approximate surface area is 219 Å². The SMILES string of the molecule is Cc1ccc(N2C(=O)C(Cl)=C(Nc3ccc(C(=O)Oc4ccccc4C(C)(C)C)cc3)C2=O)cc1Cl. The second-order valence-electron chi connectivity index (χ2n) is 9.41. The summed E-state index contributed by atoms with van der Waals surface area (Å²) in [6.45, 7) is 7.96. The third kappa shape index (κ3) is 5.01. The molecule has 0 atom stereocenters. The van der Waals surface area contributed by atoms with Crippen molar-refractivity contribution < 1.29 is 19.1 Å². The summed E-state index contributed by atoms with van der Waals surface area (Å²) in [6.07, 6.45) is 0. The molecule has 1 N–H and O–H groups in total. The van der Waals surface area contributed by atoms with E-state index in [1.807, 2.05) is 45.9 Å². The minimum atomic E-state index is -0.651. The number of ether oxygens (including phenoxy) is 1. The lowest BCUT2D eigenvalue weighted by molar-refractivity contribution is -0.120. The van der Waals surface area contributed by atoms with Crippen LogP contribution < -0.4 is 15.0 Å². The van der Waals surface area contributed by atoms with E-state index in [1.165, 1.54) is 6.07 Å². The smallest absolute Gasteiger partial charge is 0.343 e. The minimum absolute atomic E-state index is 0.0622. The van der Waals surface area contributed by atoms with Gasteiger partial charge in [0.15, 0.2) is 0 Å². The lowest BCUT2D eigenvalue weighted by Gasteiger charge is -2.22. The number of esters is 1. The maximum Gasteiger partial charge on any atom is 0.343 e. The molecule has 0 bridgehead atoms. The molecule has 1 heterocycles. The number of carbonyl (C=O) groups is 3. The van der Waals surface area contributed by atoms with Crippen LogP contribution >= 0.6 is 23.2 Å². The predicted molar refractivity (Wildman–Crippen MR) is 142 cm³/mol. The van der Waals surface area contributed by atoms with Crippen molar-refractivity contribution in [3.63, 3.8) is 0 Å². The molecule has 0 fully saturated rings. The fourth-order valence-corrected chi connectivity index (χ4v) is 4.12. The van der Waals surface area contributed by atoms with Gasteiger partial charge in [0, 0.05) is 16.3 Å². The van der Waals surface area contributed by atoms with Crippen LogP contribution in [0.25, 0.3) is 0 Å². The van der Waals surface area contributed by atoms with Crippen LogP contribution in [0, 0.1) is 6.92 Å². The molecule has 1 aliphatic heterocycles. The molecular formula is C28H24Cl2N2O4. The first-order valence-electron chi connectivity index (χ1n) is 11.2. The molecule has 3 aromatic carbocycles. The Morgan fingerprint density at radius 2 is 1.58 bits per heavy atom. The van der Waals surface area contributed by atoms with E-state index in [0.29, 0.717) is 27.7 Å². The zero-order valence-electron chi connectivity index (χ0n) is 20.2. The Morgan fingerprint density at radius 1 is 0.917 bits per heavy atom. The van der Waals surface area contributed by atoms with Gasteiger partial charge in [-0.2, -0.15) is 0 Å². The van der Waals surface area contributed by atoms with E-state index in [-0.39, 0.29) is 16.1 Å². The van der Waals surface area contributed by atoms with E-state index in [1.54, 1.807) is 42.5 Å². The van der Waals surface area contributed by atoms with Gasteiger partial charge in [0.05, 0.1) is 11.3 Å². The second kappa shape index (κ2) is 9.80. The zero-order valence-corrected chi connectivity index (χ0v) is 21.7. The number of anilines is 2. The van der Waals surface area contributed by atoms with E-state index in [2.05, 4.69) is 5.32 Å². The van der Waals surface area contributed by atoms with Gasteiger partial charge in [0.2, 0.25) is 0 Å². The molecule has 6 nitrogen and oxygen atoms in total. The first-order chi connectivity index (χ1) is 17.0. The van der Waals surface area contributed by atoms with Crippen molar-refractivity contribution in [1.82, 2.24) is 0 Å². The second-order valence-corrected chi connectivity index (χ2v) is 10.2. The number of hydrogen-bond acceptors (Lipinski definition) is 5. The van der Waals surface area contributed by atoms with Gasteiger partial charge >= 0.3 is 5.97 Å². The maximum absolute atomic E-state index is 13.0. The largest absolute Gasteiger partial charge is 0.423 e. The van der Waals surface area contributed by atoms with E-state index in [9.17, 15) is 14.4 Å². The third-order valence-electron chi connectivity index (χ3n) is 5.73. The Morgan fingerprint density at radius 3 is 2.22 bits per heavy atom. The summed E-state index contributed by atoms with van der Waals surface area (Å²) in [6, 6.07) is 18.6. The van der Waals surface area contributed by atoms with Gasteiger partial charge in [-0.05, 0) is 60.4 Å². The lowest BCUT2D eigenvalue weighted by atomic mass is 9.86. The summed E-state index contributed by atoms with van der Waals surface area (Å²) in [7, 11) is 0. The number of hydrogen-bond donors (Lipinski definition) is 1.